The molecule has 1 saturated carbocycles. The molecule has 0 unspecified atom stereocenters. The van der Waals surface area contributed by atoms with Crippen LogP contribution in [0.25, 0.3) is 11.3 Å². The summed E-state index contributed by atoms with van der Waals surface area (Å²) in [7, 11) is 0. The van der Waals surface area contributed by atoms with E-state index in [0.717, 1.165) is 28.1 Å². The Morgan fingerprint density at radius 1 is 1.09 bits per heavy atom. The van der Waals surface area contributed by atoms with E-state index in [-0.39, 0.29) is 18.3 Å². The summed E-state index contributed by atoms with van der Waals surface area (Å²) < 4.78 is 26.5. The summed E-state index contributed by atoms with van der Waals surface area (Å²) in [6.07, 6.45) is -0.196. The van der Waals surface area contributed by atoms with Crippen LogP contribution in [0.2, 0.25) is 0 Å². The van der Waals surface area contributed by atoms with Crippen molar-refractivity contribution in [1.82, 2.24) is 4.98 Å². The van der Waals surface area contributed by atoms with Crippen LogP contribution in [0.1, 0.15) is 42.1 Å². The number of aryl methyl sites for hydroxylation is 2. The number of alkyl halides is 2. The Morgan fingerprint density at radius 3 is 2.26 bits per heavy atom. The molecule has 0 amide bonds. The molecule has 2 aromatic rings. The summed E-state index contributed by atoms with van der Waals surface area (Å²) in [5, 5.41) is 0. The zero-order valence-corrected chi connectivity index (χ0v) is 13.9. The first kappa shape index (κ1) is 15.9. The van der Waals surface area contributed by atoms with Crippen LogP contribution in [0.4, 0.5) is 8.78 Å². The van der Waals surface area contributed by atoms with Crippen molar-refractivity contribution in [1.29, 1.82) is 0 Å². The van der Waals surface area contributed by atoms with Crippen LogP contribution in [-0.4, -0.2) is 10.9 Å². The molecule has 0 atom stereocenters. The quantitative estimate of drug-likeness (QED) is 0.859. The van der Waals surface area contributed by atoms with Gasteiger partial charge >= 0.3 is 0 Å². The summed E-state index contributed by atoms with van der Waals surface area (Å²) in [6.45, 7) is 7.51. The number of hydrogen-bond donors (Lipinski definition) is 1. The molecular weight excluding hydrogens is 296 g/mol. The Bertz CT molecular complexity index is 828. The molecule has 1 aromatic carbocycles. The van der Waals surface area contributed by atoms with E-state index in [9.17, 15) is 13.6 Å². The minimum absolute atomic E-state index is 0.00493. The SMILES string of the molecule is Cc1cc(C2(C)CC(F)(F)C2)ccc1-c1cc(=O)c(C)c(C)[nH]1. The van der Waals surface area contributed by atoms with Crippen molar-refractivity contribution >= 4 is 0 Å². The highest BCUT2D eigenvalue weighted by molar-refractivity contribution is 5.65. The van der Waals surface area contributed by atoms with Crippen molar-refractivity contribution in [3.8, 4) is 11.3 Å². The van der Waals surface area contributed by atoms with Gasteiger partial charge in [-0.25, -0.2) is 8.78 Å². The Morgan fingerprint density at radius 2 is 1.74 bits per heavy atom. The lowest BCUT2D eigenvalue weighted by molar-refractivity contribution is -0.120. The number of nitrogens with one attached hydrogen (secondary N) is 1. The number of H-pyrrole nitrogens is 1. The highest BCUT2D eigenvalue weighted by Gasteiger charge is 2.54. The minimum Gasteiger partial charge on any atom is -0.358 e. The Labute approximate surface area is 134 Å². The van der Waals surface area contributed by atoms with Gasteiger partial charge in [0.2, 0.25) is 5.92 Å². The maximum absolute atomic E-state index is 13.3. The van der Waals surface area contributed by atoms with Gasteiger partial charge in [-0.15, -0.1) is 0 Å². The minimum atomic E-state index is -2.54. The van der Waals surface area contributed by atoms with Crippen LogP contribution in [-0.2, 0) is 5.41 Å². The molecule has 1 aliphatic rings. The fourth-order valence-corrected chi connectivity index (χ4v) is 3.54. The summed E-state index contributed by atoms with van der Waals surface area (Å²) in [4.78, 5) is 15.2. The third-order valence-corrected chi connectivity index (χ3v) is 5.04. The molecule has 3 rings (SSSR count). The Hall–Kier alpha value is -1.97. The fraction of sp³-hybridized carbons (Fsp3) is 0.421. The molecule has 23 heavy (non-hydrogen) atoms. The first-order chi connectivity index (χ1) is 10.6. The van der Waals surface area contributed by atoms with E-state index in [1.807, 2.05) is 39.0 Å². The molecule has 1 heterocycles. The van der Waals surface area contributed by atoms with E-state index in [4.69, 9.17) is 0 Å². The van der Waals surface area contributed by atoms with E-state index in [0.29, 0.717) is 5.56 Å². The van der Waals surface area contributed by atoms with Gasteiger partial charge in [-0.3, -0.25) is 4.79 Å². The summed E-state index contributed by atoms with van der Waals surface area (Å²) >= 11 is 0. The van der Waals surface area contributed by atoms with E-state index in [1.54, 1.807) is 13.0 Å². The van der Waals surface area contributed by atoms with Crippen LogP contribution < -0.4 is 5.43 Å². The van der Waals surface area contributed by atoms with Crippen LogP contribution in [0.3, 0.4) is 0 Å². The lowest BCUT2D eigenvalue weighted by atomic mass is 9.63. The first-order valence-electron chi connectivity index (χ1n) is 7.81. The molecule has 1 N–H and O–H groups in total. The maximum Gasteiger partial charge on any atom is 0.249 e. The van der Waals surface area contributed by atoms with Gasteiger partial charge in [-0.1, -0.05) is 25.1 Å². The zero-order chi connectivity index (χ0) is 17.0. The van der Waals surface area contributed by atoms with Crippen molar-refractivity contribution < 1.29 is 8.78 Å². The Balaban J connectivity index is 1.99. The molecule has 1 aromatic heterocycles. The highest BCUT2D eigenvalue weighted by atomic mass is 19.3. The second-order valence-electron chi connectivity index (χ2n) is 7.10. The fourth-order valence-electron chi connectivity index (χ4n) is 3.54. The maximum atomic E-state index is 13.3. The monoisotopic (exact) mass is 317 g/mol. The smallest absolute Gasteiger partial charge is 0.249 e. The van der Waals surface area contributed by atoms with E-state index in [1.165, 1.54) is 0 Å². The second-order valence-corrected chi connectivity index (χ2v) is 7.10. The molecule has 0 bridgehead atoms. The lowest BCUT2D eigenvalue weighted by Gasteiger charge is -2.45. The van der Waals surface area contributed by atoms with Gasteiger partial charge in [-0.2, -0.15) is 0 Å². The summed E-state index contributed by atoms with van der Waals surface area (Å²) in [5.74, 6) is -2.54. The lowest BCUT2D eigenvalue weighted by Crippen LogP contribution is -2.47. The largest absolute Gasteiger partial charge is 0.358 e. The molecule has 4 heteroatoms. The summed E-state index contributed by atoms with van der Waals surface area (Å²) in [6, 6.07) is 7.40. The normalized spacial score (nSPS) is 18.5. The number of hydrogen-bond acceptors (Lipinski definition) is 1. The van der Waals surface area contributed by atoms with Crippen LogP contribution in [0, 0.1) is 20.8 Å². The number of aromatic nitrogens is 1. The number of rotatable bonds is 2. The van der Waals surface area contributed by atoms with E-state index < -0.39 is 11.3 Å². The third kappa shape index (κ3) is 2.71. The Kier molecular flexibility index (Phi) is 3.47. The van der Waals surface area contributed by atoms with Gasteiger partial charge in [0.25, 0.3) is 0 Å². The van der Waals surface area contributed by atoms with Gasteiger partial charge in [-0.05, 0) is 31.9 Å². The number of aromatic amines is 1. The first-order valence-corrected chi connectivity index (χ1v) is 7.81. The topological polar surface area (TPSA) is 32.9 Å². The van der Waals surface area contributed by atoms with Crippen molar-refractivity contribution in [2.75, 3.05) is 0 Å². The van der Waals surface area contributed by atoms with Crippen molar-refractivity contribution in [3.63, 3.8) is 0 Å². The van der Waals surface area contributed by atoms with Crippen molar-refractivity contribution in [3.05, 3.63) is 56.9 Å². The third-order valence-electron chi connectivity index (χ3n) is 5.04. The van der Waals surface area contributed by atoms with E-state index in [2.05, 4.69) is 4.98 Å². The van der Waals surface area contributed by atoms with Crippen molar-refractivity contribution in [2.24, 2.45) is 0 Å². The molecular formula is C19H21F2NO. The molecule has 0 saturated heterocycles. The zero-order valence-electron chi connectivity index (χ0n) is 13.9. The van der Waals surface area contributed by atoms with Crippen LogP contribution >= 0.6 is 0 Å². The van der Waals surface area contributed by atoms with Crippen molar-refractivity contribution in [2.45, 2.75) is 51.9 Å². The van der Waals surface area contributed by atoms with E-state index >= 15 is 0 Å². The van der Waals surface area contributed by atoms with Gasteiger partial charge in [0.1, 0.15) is 0 Å². The average Bonchev–Trinajstić information content (AvgIpc) is 2.42. The second kappa shape index (κ2) is 5.02. The molecule has 1 aliphatic carbocycles. The number of benzene rings is 1. The number of pyridine rings is 1. The predicted molar refractivity (Wildman–Crippen MR) is 88.2 cm³/mol. The average molecular weight is 317 g/mol. The van der Waals surface area contributed by atoms with Gasteiger partial charge in [0, 0.05) is 46.8 Å². The molecule has 0 aliphatic heterocycles. The molecule has 122 valence electrons. The number of halogens is 2. The van der Waals surface area contributed by atoms with Crippen LogP contribution in [0.5, 0.6) is 0 Å². The van der Waals surface area contributed by atoms with Gasteiger partial charge in [0.05, 0.1) is 0 Å². The van der Waals surface area contributed by atoms with Crippen LogP contribution in [0.15, 0.2) is 29.1 Å². The molecule has 0 spiro atoms. The standard InChI is InChI=1S/C19H21F2NO/c1-11-7-14(18(4)9-19(20,21)10-18)5-6-15(11)16-8-17(23)12(2)13(3)22-16/h5-8H,9-10H2,1-4H3,(H,22,23). The molecule has 2 nitrogen and oxygen atoms in total. The van der Waals surface area contributed by atoms with Gasteiger partial charge < -0.3 is 4.98 Å². The molecule has 1 fully saturated rings. The molecule has 0 radical (unpaired) electrons. The predicted octanol–water partition coefficient (Wildman–Crippen LogP) is 4.65. The highest BCUT2D eigenvalue weighted by Crippen LogP contribution is 2.53. The van der Waals surface area contributed by atoms with Gasteiger partial charge in [0.15, 0.2) is 5.43 Å². The summed E-state index contributed by atoms with van der Waals surface area (Å²) in [5.41, 5.74) is 4.74.